The summed E-state index contributed by atoms with van der Waals surface area (Å²) < 4.78 is 15.2. The Bertz CT molecular complexity index is 913. The van der Waals surface area contributed by atoms with Crippen molar-refractivity contribution in [3.05, 3.63) is 34.8 Å². The zero-order valence-corrected chi connectivity index (χ0v) is 17.7. The van der Waals surface area contributed by atoms with Crippen molar-refractivity contribution < 1.29 is 23.8 Å². The van der Waals surface area contributed by atoms with Gasteiger partial charge in [0, 0.05) is 6.08 Å². The largest absolute Gasteiger partial charge is 0.493 e. The molecule has 0 aliphatic heterocycles. The molecular weight excluding hydrogens is 416 g/mol. The molecule has 2 N–H and O–H groups in total. The highest BCUT2D eigenvalue weighted by molar-refractivity contribution is 7.80. The number of rotatable bonds is 8. The van der Waals surface area contributed by atoms with Crippen LogP contribution in [0.4, 0.5) is 5.13 Å². The predicted molar refractivity (Wildman–Crippen MR) is 113 cm³/mol. The number of carbonyl (C=O) groups is 2. The maximum atomic E-state index is 12.0. The van der Waals surface area contributed by atoms with Gasteiger partial charge in [-0.3, -0.25) is 14.9 Å². The molecule has 0 saturated carbocycles. The quantitative estimate of drug-likeness (QED) is 0.365. The number of methoxy groups -OCH3 is 2. The van der Waals surface area contributed by atoms with E-state index in [1.54, 1.807) is 38.3 Å². The first kappa shape index (κ1) is 22.2. The van der Waals surface area contributed by atoms with E-state index in [-0.39, 0.29) is 17.5 Å². The SMILES string of the molecule is CCOC(=O)Cc1nnc(NC(=S)NC(=O)C=Cc2ccc(OC)c(OC)c2)s1. The van der Waals surface area contributed by atoms with E-state index in [0.29, 0.717) is 28.2 Å². The van der Waals surface area contributed by atoms with Crippen LogP contribution in [-0.4, -0.2) is 48.0 Å². The number of esters is 1. The summed E-state index contributed by atoms with van der Waals surface area (Å²) in [5.74, 6) is 0.348. The van der Waals surface area contributed by atoms with Gasteiger partial charge >= 0.3 is 5.97 Å². The topological polar surface area (TPSA) is 112 Å². The second-order valence-electron chi connectivity index (χ2n) is 5.37. The third-order valence-corrected chi connectivity index (χ3v) is 4.40. The van der Waals surface area contributed by atoms with Crippen LogP contribution in [0.1, 0.15) is 17.5 Å². The van der Waals surface area contributed by atoms with Crippen LogP contribution in [-0.2, 0) is 20.7 Å². The standard InChI is InChI=1S/C18H20N4O5S2/c1-4-27-16(24)10-15-21-22-18(29-15)20-17(28)19-14(23)8-6-11-5-7-12(25-2)13(9-11)26-3/h5-9H,4,10H2,1-3H3,(H2,19,20,22,23,28). The van der Waals surface area contributed by atoms with Crippen molar-refractivity contribution in [2.24, 2.45) is 0 Å². The molecule has 0 bridgehead atoms. The van der Waals surface area contributed by atoms with Crippen LogP contribution in [0.3, 0.4) is 0 Å². The van der Waals surface area contributed by atoms with Crippen molar-refractivity contribution in [3.63, 3.8) is 0 Å². The average molecular weight is 437 g/mol. The summed E-state index contributed by atoms with van der Waals surface area (Å²) >= 11 is 6.23. The molecule has 1 heterocycles. The number of carbonyl (C=O) groups excluding carboxylic acids is 2. The fourth-order valence-corrected chi connectivity index (χ4v) is 3.11. The maximum absolute atomic E-state index is 12.0. The monoisotopic (exact) mass is 436 g/mol. The lowest BCUT2D eigenvalue weighted by Gasteiger charge is -2.07. The Hall–Kier alpha value is -3.05. The maximum Gasteiger partial charge on any atom is 0.312 e. The molecule has 2 aromatic rings. The van der Waals surface area contributed by atoms with Gasteiger partial charge in [0.15, 0.2) is 16.6 Å². The number of nitrogens with zero attached hydrogens (tertiary/aromatic N) is 2. The normalized spacial score (nSPS) is 10.4. The third-order valence-electron chi connectivity index (χ3n) is 3.36. The van der Waals surface area contributed by atoms with Crippen molar-refractivity contribution in [2.75, 3.05) is 26.1 Å². The van der Waals surface area contributed by atoms with Gasteiger partial charge in [-0.2, -0.15) is 0 Å². The number of aromatic nitrogens is 2. The molecule has 0 saturated heterocycles. The van der Waals surface area contributed by atoms with E-state index in [1.165, 1.54) is 13.2 Å². The lowest BCUT2D eigenvalue weighted by Crippen LogP contribution is -2.32. The lowest BCUT2D eigenvalue weighted by atomic mass is 10.2. The highest BCUT2D eigenvalue weighted by Crippen LogP contribution is 2.27. The van der Waals surface area contributed by atoms with Gasteiger partial charge in [0.05, 0.1) is 27.2 Å². The van der Waals surface area contributed by atoms with Crippen LogP contribution >= 0.6 is 23.6 Å². The molecule has 2 rings (SSSR count). The summed E-state index contributed by atoms with van der Waals surface area (Å²) in [6.07, 6.45) is 2.98. The summed E-state index contributed by atoms with van der Waals surface area (Å²) in [6, 6.07) is 5.27. The van der Waals surface area contributed by atoms with E-state index in [4.69, 9.17) is 26.4 Å². The molecule has 29 heavy (non-hydrogen) atoms. The number of amides is 1. The van der Waals surface area contributed by atoms with Crippen LogP contribution in [0.25, 0.3) is 6.08 Å². The Labute approximate surface area is 177 Å². The van der Waals surface area contributed by atoms with Crippen molar-refractivity contribution in [1.82, 2.24) is 15.5 Å². The van der Waals surface area contributed by atoms with E-state index in [1.807, 2.05) is 0 Å². The molecule has 11 heteroatoms. The number of nitrogens with one attached hydrogen (secondary N) is 2. The van der Waals surface area contributed by atoms with Gasteiger partial charge in [0.2, 0.25) is 11.0 Å². The van der Waals surface area contributed by atoms with Gasteiger partial charge < -0.3 is 19.5 Å². The van der Waals surface area contributed by atoms with Gasteiger partial charge in [-0.1, -0.05) is 17.4 Å². The molecule has 0 radical (unpaired) electrons. The number of benzene rings is 1. The van der Waals surface area contributed by atoms with Gasteiger partial charge in [-0.25, -0.2) is 0 Å². The number of anilines is 1. The fourth-order valence-electron chi connectivity index (χ4n) is 2.12. The molecule has 9 nitrogen and oxygen atoms in total. The summed E-state index contributed by atoms with van der Waals surface area (Å²) in [7, 11) is 3.08. The van der Waals surface area contributed by atoms with Crippen LogP contribution in [0, 0.1) is 0 Å². The molecule has 0 atom stereocenters. The van der Waals surface area contributed by atoms with Crippen LogP contribution in [0.15, 0.2) is 24.3 Å². The molecule has 0 aliphatic rings. The smallest absolute Gasteiger partial charge is 0.312 e. The number of hydrogen-bond donors (Lipinski definition) is 2. The number of ether oxygens (including phenoxy) is 3. The molecule has 0 fully saturated rings. The predicted octanol–water partition coefficient (Wildman–Crippen LogP) is 2.19. The Morgan fingerprint density at radius 3 is 2.66 bits per heavy atom. The molecule has 1 amide bonds. The molecule has 0 spiro atoms. The second-order valence-corrected chi connectivity index (χ2v) is 6.84. The summed E-state index contributed by atoms with van der Waals surface area (Å²) in [5, 5.41) is 13.9. The molecule has 0 unspecified atom stereocenters. The van der Waals surface area contributed by atoms with Crippen LogP contribution in [0.2, 0.25) is 0 Å². The zero-order valence-electron chi connectivity index (χ0n) is 16.1. The highest BCUT2D eigenvalue weighted by atomic mass is 32.1. The average Bonchev–Trinajstić information content (AvgIpc) is 3.12. The number of thiocarbonyl (C=S) groups is 1. The Morgan fingerprint density at radius 2 is 1.97 bits per heavy atom. The first-order chi connectivity index (χ1) is 13.9. The third kappa shape index (κ3) is 7.12. The van der Waals surface area contributed by atoms with Crippen molar-refractivity contribution in [2.45, 2.75) is 13.3 Å². The van der Waals surface area contributed by atoms with E-state index in [2.05, 4.69) is 20.8 Å². The number of hydrogen-bond acceptors (Lipinski definition) is 9. The van der Waals surface area contributed by atoms with E-state index >= 15 is 0 Å². The molecule has 0 aliphatic carbocycles. The highest BCUT2D eigenvalue weighted by Gasteiger charge is 2.11. The Balaban J connectivity index is 1.88. The van der Waals surface area contributed by atoms with Crippen LogP contribution < -0.4 is 20.1 Å². The molecule has 154 valence electrons. The zero-order chi connectivity index (χ0) is 21.2. The second kappa shape index (κ2) is 11.1. The molecule has 1 aromatic carbocycles. The van der Waals surface area contributed by atoms with Gasteiger partial charge in [0.1, 0.15) is 5.01 Å². The van der Waals surface area contributed by atoms with Gasteiger partial charge in [-0.05, 0) is 42.9 Å². The molecular formula is C18H20N4O5S2. The van der Waals surface area contributed by atoms with Gasteiger partial charge in [0.25, 0.3) is 0 Å². The first-order valence-corrected chi connectivity index (χ1v) is 9.67. The van der Waals surface area contributed by atoms with E-state index in [9.17, 15) is 9.59 Å². The summed E-state index contributed by atoms with van der Waals surface area (Å²) in [4.78, 5) is 23.5. The Morgan fingerprint density at radius 1 is 1.21 bits per heavy atom. The van der Waals surface area contributed by atoms with Crippen molar-refractivity contribution in [1.29, 1.82) is 0 Å². The minimum Gasteiger partial charge on any atom is -0.493 e. The van der Waals surface area contributed by atoms with E-state index < -0.39 is 5.91 Å². The minimum absolute atomic E-state index is 0.0281. The summed E-state index contributed by atoms with van der Waals surface area (Å²) in [5.41, 5.74) is 0.754. The van der Waals surface area contributed by atoms with Crippen molar-refractivity contribution in [3.8, 4) is 11.5 Å². The minimum atomic E-state index is -0.423. The van der Waals surface area contributed by atoms with E-state index in [0.717, 1.165) is 16.9 Å². The van der Waals surface area contributed by atoms with Crippen molar-refractivity contribution >= 4 is 51.8 Å². The lowest BCUT2D eigenvalue weighted by molar-refractivity contribution is -0.142. The fraction of sp³-hybridized carbons (Fsp3) is 0.278. The molecule has 1 aromatic heterocycles. The first-order valence-electron chi connectivity index (χ1n) is 8.45. The van der Waals surface area contributed by atoms with Gasteiger partial charge in [-0.15, -0.1) is 10.2 Å². The van der Waals surface area contributed by atoms with Crippen LogP contribution in [0.5, 0.6) is 11.5 Å². The Kier molecular flexibility index (Phi) is 8.49. The summed E-state index contributed by atoms with van der Waals surface area (Å²) in [6.45, 7) is 2.03.